The number of hydrogen-bond donors (Lipinski definition) is 2. The molecule has 2 aromatic rings. The van der Waals surface area contributed by atoms with Gasteiger partial charge in [-0.1, -0.05) is 31.2 Å². The van der Waals surface area contributed by atoms with Gasteiger partial charge in [0.25, 0.3) is 0 Å². The van der Waals surface area contributed by atoms with Gasteiger partial charge in [-0.05, 0) is 61.6 Å². The maximum absolute atomic E-state index is 9.95. The van der Waals surface area contributed by atoms with Crippen LogP contribution in [0.1, 0.15) is 37.3 Å². The topological polar surface area (TPSA) is 55.5 Å². The molecule has 0 aliphatic heterocycles. The molecule has 0 radical (unpaired) electrons. The van der Waals surface area contributed by atoms with Gasteiger partial charge in [-0.15, -0.1) is 0 Å². The maximum atomic E-state index is 9.95. The van der Waals surface area contributed by atoms with Crippen molar-refractivity contribution in [2.24, 2.45) is 5.73 Å². The number of rotatable bonds is 6. The second-order valence-electron chi connectivity index (χ2n) is 6.00. The molecule has 0 amide bonds. The van der Waals surface area contributed by atoms with Crippen molar-refractivity contribution in [2.45, 2.75) is 45.3 Å². The zero-order valence-electron chi connectivity index (χ0n) is 13.5. The van der Waals surface area contributed by atoms with Crippen molar-refractivity contribution in [1.82, 2.24) is 0 Å². The molecule has 0 saturated carbocycles. The van der Waals surface area contributed by atoms with Crippen LogP contribution in [0, 0.1) is 6.92 Å². The van der Waals surface area contributed by atoms with Gasteiger partial charge in [0.1, 0.15) is 11.5 Å². The van der Waals surface area contributed by atoms with Gasteiger partial charge in [-0.25, -0.2) is 0 Å². The molecule has 3 unspecified atom stereocenters. The van der Waals surface area contributed by atoms with E-state index in [4.69, 9.17) is 10.5 Å². The summed E-state index contributed by atoms with van der Waals surface area (Å²) in [6, 6.07) is 15.6. The molecule has 2 aromatic carbocycles. The molecular weight excluding hydrogens is 274 g/mol. The molecule has 3 heteroatoms. The molecule has 0 bridgehead atoms. The molecule has 0 aromatic heterocycles. The van der Waals surface area contributed by atoms with Gasteiger partial charge in [0.2, 0.25) is 0 Å². The van der Waals surface area contributed by atoms with Crippen LogP contribution >= 0.6 is 0 Å². The number of aliphatic hydroxyl groups is 1. The van der Waals surface area contributed by atoms with Crippen LogP contribution in [0.3, 0.4) is 0 Å². The molecule has 0 fully saturated rings. The minimum Gasteiger partial charge on any atom is -0.457 e. The summed E-state index contributed by atoms with van der Waals surface area (Å²) in [5, 5.41) is 9.95. The Bertz CT molecular complexity index is 596. The van der Waals surface area contributed by atoms with E-state index in [1.807, 2.05) is 49.4 Å². The van der Waals surface area contributed by atoms with Crippen molar-refractivity contribution in [2.75, 3.05) is 0 Å². The van der Waals surface area contributed by atoms with Gasteiger partial charge in [-0.3, -0.25) is 0 Å². The van der Waals surface area contributed by atoms with Crippen LogP contribution in [0.4, 0.5) is 0 Å². The summed E-state index contributed by atoms with van der Waals surface area (Å²) in [6.07, 6.45) is 0.187. The lowest BCUT2D eigenvalue weighted by molar-refractivity contribution is 0.134. The first kappa shape index (κ1) is 16.5. The predicted octanol–water partition coefficient (Wildman–Crippen LogP) is 3.99. The molecule has 0 heterocycles. The number of para-hydroxylation sites is 1. The Morgan fingerprint density at radius 1 is 1.05 bits per heavy atom. The largest absolute Gasteiger partial charge is 0.457 e. The lowest BCUT2D eigenvalue weighted by Gasteiger charge is -2.21. The Labute approximate surface area is 132 Å². The van der Waals surface area contributed by atoms with Crippen LogP contribution in [0.2, 0.25) is 0 Å². The van der Waals surface area contributed by atoms with Crippen molar-refractivity contribution in [3.63, 3.8) is 0 Å². The van der Waals surface area contributed by atoms with Crippen LogP contribution < -0.4 is 10.5 Å². The van der Waals surface area contributed by atoms with Gasteiger partial charge in [0.05, 0.1) is 6.10 Å². The second kappa shape index (κ2) is 7.43. The SMILES string of the molecule is Cc1cc(Oc2ccccc2)ccc1C(C)CC(O)C(C)N. The van der Waals surface area contributed by atoms with Crippen LogP contribution in [0.15, 0.2) is 48.5 Å². The molecule has 2 rings (SSSR count). The third-order valence-corrected chi connectivity index (χ3v) is 3.95. The maximum Gasteiger partial charge on any atom is 0.127 e. The van der Waals surface area contributed by atoms with Gasteiger partial charge in [0.15, 0.2) is 0 Å². The lowest BCUT2D eigenvalue weighted by Crippen LogP contribution is -2.32. The zero-order chi connectivity index (χ0) is 16.1. The van der Waals surface area contributed by atoms with Crippen LogP contribution in [-0.4, -0.2) is 17.3 Å². The summed E-state index contributed by atoms with van der Waals surface area (Å²) >= 11 is 0. The number of ether oxygens (including phenoxy) is 1. The number of aliphatic hydroxyl groups excluding tert-OH is 1. The van der Waals surface area contributed by atoms with Crippen LogP contribution in [-0.2, 0) is 0 Å². The van der Waals surface area contributed by atoms with Crippen molar-refractivity contribution >= 4 is 0 Å². The highest BCUT2D eigenvalue weighted by molar-refractivity contribution is 5.39. The van der Waals surface area contributed by atoms with E-state index in [2.05, 4.69) is 19.9 Å². The lowest BCUT2D eigenvalue weighted by atomic mass is 9.90. The first-order valence-electron chi connectivity index (χ1n) is 7.74. The Morgan fingerprint density at radius 3 is 2.32 bits per heavy atom. The molecule has 0 saturated heterocycles. The highest BCUT2D eigenvalue weighted by Crippen LogP contribution is 2.29. The Morgan fingerprint density at radius 2 is 1.73 bits per heavy atom. The van der Waals surface area contributed by atoms with E-state index in [9.17, 15) is 5.11 Å². The summed E-state index contributed by atoms with van der Waals surface area (Å²) in [5.74, 6) is 1.91. The highest BCUT2D eigenvalue weighted by atomic mass is 16.5. The minimum absolute atomic E-state index is 0.205. The van der Waals surface area contributed by atoms with Gasteiger partial charge >= 0.3 is 0 Å². The van der Waals surface area contributed by atoms with Gasteiger partial charge in [0, 0.05) is 6.04 Å². The molecule has 0 aliphatic carbocycles. The zero-order valence-corrected chi connectivity index (χ0v) is 13.5. The van der Waals surface area contributed by atoms with E-state index in [-0.39, 0.29) is 12.0 Å². The number of aryl methyl sites for hydroxylation is 1. The third-order valence-electron chi connectivity index (χ3n) is 3.95. The Hall–Kier alpha value is -1.84. The van der Waals surface area contributed by atoms with E-state index in [1.165, 1.54) is 5.56 Å². The van der Waals surface area contributed by atoms with E-state index in [0.29, 0.717) is 6.42 Å². The molecule has 118 valence electrons. The summed E-state index contributed by atoms with van der Waals surface area (Å²) in [5.41, 5.74) is 8.13. The summed E-state index contributed by atoms with van der Waals surface area (Å²) in [6.45, 7) is 6.02. The van der Waals surface area contributed by atoms with Crippen molar-refractivity contribution in [3.05, 3.63) is 59.7 Å². The first-order chi connectivity index (χ1) is 10.5. The Balaban J connectivity index is 2.09. The average molecular weight is 299 g/mol. The fourth-order valence-electron chi connectivity index (χ4n) is 2.59. The summed E-state index contributed by atoms with van der Waals surface area (Å²) in [7, 11) is 0. The van der Waals surface area contributed by atoms with Crippen molar-refractivity contribution in [1.29, 1.82) is 0 Å². The Kier molecular flexibility index (Phi) is 5.58. The van der Waals surface area contributed by atoms with Gasteiger partial charge in [-0.2, -0.15) is 0 Å². The van der Waals surface area contributed by atoms with E-state index < -0.39 is 6.10 Å². The smallest absolute Gasteiger partial charge is 0.127 e. The fraction of sp³-hybridized carbons (Fsp3) is 0.368. The predicted molar refractivity (Wildman–Crippen MR) is 90.4 cm³/mol. The number of hydrogen-bond acceptors (Lipinski definition) is 3. The van der Waals surface area contributed by atoms with Crippen LogP contribution in [0.5, 0.6) is 11.5 Å². The quantitative estimate of drug-likeness (QED) is 0.848. The summed E-state index contributed by atoms with van der Waals surface area (Å²) in [4.78, 5) is 0. The van der Waals surface area contributed by atoms with E-state index in [1.54, 1.807) is 0 Å². The summed E-state index contributed by atoms with van der Waals surface area (Å²) < 4.78 is 5.84. The second-order valence-corrected chi connectivity index (χ2v) is 6.00. The molecule has 3 N–H and O–H groups in total. The van der Waals surface area contributed by atoms with Crippen molar-refractivity contribution < 1.29 is 9.84 Å². The third kappa shape index (κ3) is 4.33. The normalized spacial score (nSPS) is 15.1. The highest BCUT2D eigenvalue weighted by Gasteiger charge is 2.17. The van der Waals surface area contributed by atoms with E-state index in [0.717, 1.165) is 17.1 Å². The van der Waals surface area contributed by atoms with Crippen molar-refractivity contribution in [3.8, 4) is 11.5 Å². The molecular formula is C19H25NO2. The monoisotopic (exact) mass is 299 g/mol. The van der Waals surface area contributed by atoms with Gasteiger partial charge < -0.3 is 15.6 Å². The molecule has 22 heavy (non-hydrogen) atoms. The first-order valence-corrected chi connectivity index (χ1v) is 7.74. The number of benzene rings is 2. The molecule has 0 aliphatic rings. The molecule has 3 nitrogen and oxygen atoms in total. The fourth-order valence-corrected chi connectivity index (χ4v) is 2.59. The molecule has 3 atom stereocenters. The minimum atomic E-state index is -0.477. The average Bonchev–Trinajstić information content (AvgIpc) is 2.48. The molecule has 0 spiro atoms. The standard InChI is InChI=1S/C19H25NO2/c1-13-11-17(22-16-7-5-4-6-8-16)9-10-18(13)14(2)12-19(21)15(3)20/h4-11,14-15,19,21H,12,20H2,1-3H3. The van der Waals surface area contributed by atoms with E-state index >= 15 is 0 Å². The van der Waals surface area contributed by atoms with Crippen LogP contribution in [0.25, 0.3) is 0 Å². The number of nitrogens with two attached hydrogens (primary N) is 1.